The molecule has 1 unspecified atom stereocenters. The largest absolute Gasteiger partial charge is 0.445 e. The van der Waals surface area contributed by atoms with Crippen molar-refractivity contribution in [2.24, 2.45) is 0 Å². The van der Waals surface area contributed by atoms with Crippen LogP contribution in [0, 0.1) is 0 Å². The zero-order valence-corrected chi connectivity index (χ0v) is 19.4. The summed E-state index contributed by atoms with van der Waals surface area (Å²) >= 11 is 6.02. The van der Waals surface area contributed by atoms with E-state index in [9.17, 15) is 14.4 Å². The Morgan fingerprint density at radius 2 is 1.80 bits per heavy atom. The summed E-state index contributed by atoms with van der Waals surface area (Å²) in [4.78, 5) is 43.7. The predicted molar refractivity (Wildman–Crippen MR) is 133 cm³/mol. The second-order valence-electron chi connectivity index (χ2n) is 7.82. The first-order valence-electron chi connectivity index (χ1n) is 11.0. The van der Waals surface area contributed by atoms with Crippen molar-refractivity contribution in [2.75, 3.05) is 6.54 Å². The highest BCUT2D eigenvalue weighted by atomic mass is 35.5. The molecule has 35 heavy (non-hydrogen) atoms. The van der Waals surface area contributed by atoms with Gasteiger partial charge < -0.3 is 20.4 Å². The van der Waals surface area contributed by atoms with Gasteiger partial charge in [0.05, 0.1) is 23.3 Å². The van der Waals surface area contributed by atoms with E-state index in [1.165, 1.54) is 6.33 Å². The van der Waals surface area contributed by atoms with Crippen LogP contribution in [-0.2, 0) is 11.3 Å². The lowest BCUT2D eigenvalue weighted by atomic mass is 10.0. The second-order valence-corrected chi connectivity index (χ2v) is 8.25. The zero-order valence-electron chi connectivity index (χ0n) is 18.7. The number of alkyl carbamates (subject to hydrolysis) is 1. The molecule has 1 heterocycles. The molecule has 4 rings (SSSR count). The third-order valence-corrected chi connectivity index (χ3v) is 5.65. The minimum atomic E-state index is -0.541. The van der Waals surface area contributed by atoms with Gasteiger partial charge in [0.1, 0.15) is 6.61 Å². The van der Waals surface area contributed by atoms with E-state index in [4.69, 9.17) is 16.3 Å². The van der Waals surface area contributed by atoms with Crippen LogP contribution >= 0.6 is 11.6 Å². The number of ether oxygens (including phenoxy) is 1. The lowest BCUT2D eigenvalue weighted by Gasteiger charge is -2.20. The number of halogens is 1. The van der Waals surface area contributed by atoms with Gasteiger partial charge in [-0.05, 0) is 47.9 Å². The van der Waals surface area contributed by atoms with Crippen molar-refractivity contribution in [3.8, 4) is 0 Å². The van der Waals surface area contributed by atoms with Crippen LogP contribution in [0.3, 0.4) is 0 Å². The molecule has 9 heteroatoms. The molecule has 0 fully saturated rings. The fourth-order valence-electron chi connectivity index (χ4n) is 3.56. The molecule has 1 aromatic heterocycles. The molecule has 0 bridgehead atoms. The maximum atomic E-state index is 13.0. The number of carbonyl (C=O) groups excluding carboxylic acids is 2. The number of fused-ring (bicyclic) bond motifs is 1. The molecule has 0 spiro atoms. The number of aromatic amines is 1. The molecule has 4 aromatic rings. The van der Waals surface area contributed by atoms with Crippen molar-refractivity contribution < 1.29 is 14.3 Å². The lowest BCUT2D eigenvalue weighted by Crippen LogP contribution is -2.33. The number of nitrogens with zero attached hydrogens (tertiary/aromatic N) is 1. The van der Waals surface area contributed by atoms with Gasteiger partial charge in [0.25, 0.3) is 11.5 Å². The van der Waals surface area contributed by atoms with E-state index < -0.39 is 12.1 Å². The van der Waals surface area contributed by atoms with Crippen molar-refractivity contribution >= 4 is 34.5 Å². The van der Waals surface area contributed by atoms with Crippen molar-refractivity contribution in [3.05, 3.63) is 111 Å². The first-order chi connectivity index (χ1) is 17.0. The Labute approximate surface area is 206 Å². The van der Waals surface area contributed by atoms with E-state index in [0.29, 0.717) is 27.9 Å². The van der Waals surface area contributed by atoms with Gasteiger partial charge >= 0.3 is 6.09 Å². The Bertz CT molecular complexity index is 1370. The van der Waals surface area contributed by atoms with Crippen LogP contribution in [0.25, 0.3) is 10.9 Å². The van der Waals surface area contributed by atoms with Gasteiger partial charge in [-0.1, -0.05) is 54.1 Å². The minimum absolute atomic E-state index is 0.169. The molecule has 0 aliphatic heterocycles. The van der Waals surface area contributed by atoms with Gasteiger partial charge in [0.15, 0.2) is 0 Å². The van der Waals surface area contributed by atoms with E-state index in [1.807, 2.05) is 42.5 Å². The SMILES string of the molecule is O=C(NCCC(NC(=O)c1ccc2c(=O)[nH]cnc2c1)c1ccc(Cl)cc1)OCc1ccccc1. The number of nitrogens with one attached hydrogen (secondary N) is 3. The Morgan fingerprint density at radius 3 is 2.57 bits per heavy atom. The lowest BCUT2D eigenvalue weighted by molar-refractivity contribution is 0.0934. The van der Waals surface area contributed by atoms with E-state index in [1.54, 1.807) is 30.3 Å². The van der Waals surface area contributed by atoms with Crippen molar-refractivity contribution in [3.63, 3.8) is 0 Å². The third kappa shape index (κ3) is 6.45. The maximum Gasteiger partial charge on any atom is 0.407 e. The van der Waals surface area contributed by atoms with E-state index in [0.717, 1.165) is 11.1 Å². The Morgan fingerprint density at radius 1 is 1.03 bits per heavy atom. The number of amides is 2. The molecule has 3 N–H and O–H groups in total. The summed E-state index contributed by atoms with van der Waals surface area (Å²) in [6.45, 7) is 0.443. The Balaban J connectivity index is 1.41. The summed E-state index contributed by atoms with van der Waals surface area (Å²) in [5.74, 6) is -0.333. The topological polar surface area (TPSA) is 113 Å². The molecule has 0 saturated carbocycles. The van der Waals surface area contributed by atoms with Crippen LogP contribution < -0.4 is 16.2 Å². The summed E-state index contributed by atoms with van der Waals surface area (Å²) in [6, 6.07) is 20.8. The van der Waals surface area contributed by atoms with E-state index in [-0.39, 0.29) is 24.6 Å². The van der Waals surface area contributed by atoms with E-state index in [2.05, 4.69) is 20.6 Å². The second kappa shape index (κ2) is 11.3. The predicted octanol–water partition coefficient (Wildman–Crippen LogP) is 4.36. The van der Waals surface area contributed by atoms with E-state index >= 15 is 0 Å². The molecular weight excluding hydrogens is 468 g/mol. The van der Waals surface area contributed by atoms with Gasteiger partial charge in [0.2, 0.25) is 0 Å². The fraction of sp³-hybridized carbons (Fsp3) is 0.154. The van der Waals surface area contributed by atoms with Crippen LogP contribution in [0.1, 0.15) is 33.9 Å². The maximum absolute atomic E-state index is 13.0. The van der Waals surface area contributed by atoms with Gasteiger partial charge in [-0.25, -0.2) is 9.78 Å². The molecule has 1 atom stereocenters. The highest BCUT2D eigenvalue weighted by Gasteiger charge is 2.17. The van der Waals surface area contributed by atoms with Gasteiger partial charge in [-0.2, -0.15) is 0 Å². The van der Waals surface area contributed by atoms with Crippen molar-refractivity contribution in [2.45, 2.75) is 19.1 Å². The third-order valence-electron chi connectivity index (χ3n) is 5.40. The number of benzene rings is 3. The number of hydrogen-bond acceptors (Lipinski definition) is 5. The molecular formula is C26H23ClN4O4. The normalized spacial score (nSPS) is 11.6. The Kier molecular flexibility index (Phi) is 7.74. The molecule has 0 aliphatic carbocycles. The first kappa shape index (κ1) is 24.0. The Hall–Kier alpha value is -4.17. The molecule has 2 amide bonds. The number of H-pyrrole nitrogens is 1. The number of carbonyl (C=O) groups is 2. The number of rotatable bonds is 8. The average molecular weight is 491 g/mol. The van der Waals surface area contributed by atoms with Crippen LogP contribution in [0.4, 0.5) is 4.79 Å². The summed E-state index contributed by atoms with van der Waals surface area (Å²) in [7, 11) is 0. The summed E-state index contributed by atoms with van der Waals surface area (Å²) in [6.07, 6.45) is 1.17. The molecule has 0 radical (unpaired) electrons. The van der Waals surface area contributed by atoms with Crippen LogP contribution in [0.5, 0.6) is 0 Å². The number of aromatic nitrogens is 2. The quantitative estimate of drug-likeness (QED) is 0.339. The van der Waals surface area contributed by atoms with Crippen LogP contribution in [-0.4, -0.2) is 28.5 Å². The summed E-state index contributed by atoms with van der Waals surface area (Å²) in [5, 5.41) is 6.69. The zero-order chi connectivity index (χ0) is 24.6. The minimum Gasteiger partial charge on any atom is -0.445 e. The molecule has 3 aromatic carbocycles. The van der Waals surface area contributed by atoms with Crippen molar-refractivity contribution in [1.82, 2.24) is 20.6 Å². The average Bonchev–Trinajstić information content (AvgIpc) is 2.88. The van der Waals surface area contributed by atoms with Crippen molar-refractivity contribution in [1.29, 1.82) is 0 Å². The fourth-order valence-corrected chi connectivity index (χ4v) is 3.69. The van der Waals surface area contributed by atoms with Crippen LogP contribution in [0.15, 0.2) is 83.9 Å². The van der Waals surface area contributed by atoms with Crippen LogP contribution in [0.2, 0.25) is 5.02 Å². The summed E-state index contributed by atoms with van der Waals surface area (Å²) in [5.41, 5.74) is 2.24. The monoisotopic (exact) mass is 490 g/mol. The molecule has 0 saturated heterocycles. The summed E-state index contributed by atoms with van der Waals surface area (Å²) < 4.78 is 5.24. The highest BCUT2D eigenvalue weighted by molar-refractivity contribution is 6.30. The van der Waals surface area contributed by atoms with Gasteiger partial charge in [-0.15, -0.1) is 0 Å². The van der Waals surface area contributed by atoms with Gasteiger partial charge in [-0.3, -0.25) is 9.59 Å². The molecule has 8 nitrogen and oxygen atoms in total. The smallest absolute Gasteiger partial charge is 0.407 e. The number of hydrogen-bond donors (Lipinski definition) is 3. The standard InChI is InChI=1S/C26H23ClN4O4/c27-20-9-6-18(7-10-20)22(12-13-28-26(34)35-15-17-4-2-1-3-5-17)31-24(32)19-8-11-21-23(14-19)29-16-30-25(21)33/h1-11,14,16,22H,12-13,15H2,(H,28,34)(H,31,32)(H,29,30,33). The molecule has 0 aliphatic rings. The highest BCUT2D eigenvalue weighted by Crippen LogP contribution is 2.20. The first-order valence-corrected chi connectivity index (χ1v) is 11.4. The molecule has 178 valence electrons. The van der Waals surface area contributed by atoms with Gasteiger partial charge in [0, 0.05) is 17.1 Å².